The van der Waals surface area contributed by atoms with Crippen molar-refractivity contribution in [3.8, 4) is 0 Å². The molecule has 6 heteroatoms. The second-order valence-corrected chi connectivity index (χ2v) is 4.99. The van der Waals surface area contributed by atoms with E-state index in [-0.39, 0.29) is 11.3 Å². The minimum Gasteiger partial charge on any atom is -0.267 e. The third-order valence-electron chi connectivity index (χ3n) is 3.78. The number of non-ortho nitro benzene ring substituents is 1. The maximum Gasteiger partial charge on any atom is 0.271 e. The van der Waals surface area contributed by atoms with Crippen LogP contribution in [0.2, 0.25) is 0 Å². The Kier molecular flexibility index (Phi) is 3.06. The zero-order chi connectivity index (χ0) is 14.1. The van der Waals surface area contributed by atoms with E-state index in [4.69, 9.17) is 0 Å². The number of hydrogen-bond donors (Lipinski definition) is 1. The number of amides is 1. The van der Waals surface area contributed by atoms with Crippen molar-refractivity contribution in [1.29, 1.82) is 0 Å². The predicted molar refractivity (Wildman–Crippen MR) is 73.4 cm³/mol. The molecule has 1 fully saturated rings. The second-order valence-electron chi connectivity index (χ2n) is 4.99. The Hall–Kier alpha value is -2.50. The molecule has 0 spiro atoms. The number of allylic oxidation sites excluding steroid dienone is 2. The van der Waals surface area contributed by atoms with Crippen LogP contribution in [0.25, 0.3) is 0 Å². The minimum atomic E-state index is -0.524. The topological polar surface area (TPSA) is 84.6 Å². The maximum atomic E-state index is 11.9. The van der Waals surface area contributed by atoms with Crippen LogP contribution in [0.4, 0.5) is 5.69 Å². The molecule has 2 atom stereocenters. The Morgan fingerprint density at radius 3 is 3.05 bits per heavy atom. The molecule has 2 aliphatic rings. The number of hydrazone groups is 1. The first-order valence-electron chi connectivity index (χ1n) is 6.43. The number of hydrogen-bond acceptors (Lipinski definition) is 4. The SMILES string of the molecule is O=C(N/N=C1\C[C@@H]2C=CC[C@H]12)c1cccc([N+](=O)[O-])c1. The molecule has 1 saturated carbocycles. The summed E-state index contributed by atoms with van der Waals surface area (Å²) in [7, 11) is 0. The number of nitro groups is 1. The van der Waals surface area contributed by atoms with Crippen molar-refractivity contribution in [3.63, 3.8) is 0 Å². The summed E-state index contributed by atoms with van der Waals surface area (Å²) in [6, 6.07) is 5.61. The van der Waals surface area contributed by atoms with Gasteiger partial charge < -0.3 is 0 Å². The zero-order valence-electron chi connectivity index (χ0n) is 10.7. The zero-order valence-corrected chi connectivity index (χ0v) is 10.7. The fraction of sp³-hybridized carbons (Fsp3) is 0.286. The number of fused-ring (bicyclic) bond motifs is 1. The van der Waals surface area contributed by atoms with Gasteiger partial charge in [-0.3, -0.25) is 14.9 Å². The van der Waals surface area contributed by atoms with Crippen LogP contribution < -0.4 is 5.43 Å². The third-order valence-corrected chi connectivity index (χ3v) is 3.78. The van der Waals surface area contributed by atoms with Gasteiger partial charge in [-0.2, -0.15) is 5.10 Å². The third kappa shape index (κ3) is 2.20. The highest BCUT2D eigenvalue weighted by molar-refractivity contribution is 5.98. The number of nitrogens with one attached hydrogen (secondary N) is 1. The summed E-state index contributed by atoms with van der Waals surface area (Å²) in [5.74, 6) is 0.583. The number of benzene rings is 1. The Morgan fingerprint density at radius 2 is 2.30 bits per heavy atom. The van der Waals surface area contributed by atoms with E-state index in [9.17, 15) is 14.9 Å². The van der Waals surface area contributed by atoms with Gasteiger partial charge in [0.05, 0.1) is 4.92 Å². The standard InChI is InChI=1S/C14H13N3O3/c18-14(10-4-1-5-11(7-10)17(19)20)16-15-13-8-9-3-2-6-12(9)13/h1-5,7,9,12H,6,8H2,(H,16,18)/b15-13+/t9-,12-/m0/s1. The van der Waals surface area contributed by atoms with Gasteiger partial charge in [0.15, 0.2) is 0 Å². The summed E-state index contributed by atoms with van der Waals surface area (Å²) in [6.07, 6.45) is 6.19. The highest BCUT2D eigenvalue weighted by atomic mass is 16.6. The number of nitro benzene ring substituents is 1. The van der Waals surface area contributed by atoms with Crippen molar-refractivity contribution < 1.29 is 9.72 Å². The van der Waals surface area contributed by atoms with Crippen molar-refractivity contribution in [1.82, 2.24) is 5.43 Å². The molecule has 0 saturated heterocycles. The molecule has 1 N–H and O–H groups in total. The number of carbonyl (C=O) groups excluding carboxylic acids is 1. The van der Waals surface area contributed by atoms with Crippen molar-refractivity contribution in [2.24, 2.45) is 16.9 Å². The fourth-order valence-electron chi connectivity index (χ4n) is 2.61. The van der Waals surface area contributed by atoms with Gasteiger partial charge in [-0.05, 0) is 24.8 Å². The van der Waals surface area contributed by atoms with E-state index in [1.807, 2.05) is 0 Å². The molecule has 102 valence electrons. The van der Waals surface area contributed by atoms with Gasteiger partial charge in [0, 0.05) is 29.3 Å². The van der Waals surface area contributed by atoms with Crippen molar-refractivity contribution in [2.75, 3.05) is 0 Å². The average molecular weight is 271 g/mol. The number of rotatable bonds is 3. The Bertz CT molecular complexity index is 636. The Morgan fingerprint density at radius 1 is 1.45 bits per heavy atom. The predicted octanol–water partition coefficient (Wildman–Crippen LogP) is 2.28. The highest BCUT2D eigenvalue weighted by Gasteiger charge is 2.38. The van der Waals surface area contributed by atoms with Gasteiger partial charge in [0.25, 0.3) is 11.6 Å². The quantitative estimate of drug-likeness (QED) is 0.520. The van der Waals surface area contributed by atoms with Crippen LogP contribution >= 0.6 is 0 Å². The van der Waals surface area contributed by atoms with Gasteiger partial charge in [0.2, 0.25) is 0 Å². The lowest BCUT2D eigenvalue weighted by Crippen LogP contribution is -2.35. The van der Waals surface area contributed by atoms with Gasteiger partial charge in [-0.1, -0.05) is 18.2 Å². The van der Waals surface area contributed by atoms with Crippen molar-refractivity contribution in [3.05, 3.63) is 52.1 Å². The van der Waals surface area contributed by atoms with E-state index in [1.54, 1.807) is 0 Å². The molecule has 1 aromatic carbocycles. The molecule has 2 aliphatic carbocycles. The Balaban J connectivity index is 1.66. The molecule has 0 heterocycles. The van der Waals surface area contributed by atoms with Gasteiger partial charge in [-0.25, -0.2) is 5.43 Å². The lowest BCUT2D eigenvalue weighted by molar-refractivity contribution is -0.384. The molecule has 0 aromatic heterocycles. The molecule has 1 aromatic rings. The summed E-state index contributed by atoms with van der Waals surface area (Å²) in [5.41, 5.74) is 3.61. The molecule has 1 amide bonds. The van der Waals surface area contributed by atoms with Crippen LogP contribution in [0, 0.1) is 22.0 Å². The van der Waals surface area contributed by atoms with Crippen molar-refractivity contribution >= 4 is 17.3 Å². The smallest absolute Gasteiger partial charge is 0.267 e. The lowest BCUT2D eigenvalue weighted by atomic mass is 9.74. The van der Waals surface area contributed by atoms with E-state index in [0.717, 1.165) is 18.6 Å². The van der Waals surface area contributed by atoms with Gasteiger partial charge in [-0.15, -0.1) is 0 Å². The van der Waals surface area contributed by atoms with Crippen LogP contribution in [0.3, 0.4) is 0 Å². The van der Waals surface area contributed by atoms with E-state index in [2.05, 4.69) is 22.7 Å². The van der Waals surface area contributed by atoms with Gasteiger partial charge in [0.1, 0.15) is 0 Å². The average Bonchev–Trinajstić information content (AvgIpc) is 2.80. The number of nitrogens with zero attached hydrogens (tertiary/aromatic N) is 2. The van der Waals surface area contributed by atoms with Gasteiger partial charge >= 0.3 is 0 Å². The van der Waals surface area contributed by atoms with Crippen LogP contribution in [0.5, 0.6) is 0 Å². The second kappa shape index (κ2) is 4.88. The first-order chi connectivity index (χ1) is 9.65. The maximum absolute atomic E-state index is 11.9. The minimum absolute atomic E-state index is 0.103. The molecular formula is C14H13N3O3. The van der Waals surface area contributed by atoms with Crippen LogP contribution in [0.15, 0.2) is 41.5 Å². The summed E-state index contributed by atoms with van der Waals surface area (Å²) < 4.78 is 0. The van der Waals surface area contributed by atoms with Crippen LogP contribution in [-0.2, 0) is 0 Å². The molecule has 6 nitrogen and oxygen atoms in total. The van der Waals surface area contributed by atoms with Crippen LogP contribution in [-0.4, -0.2) is 16.5 Å². The number of carbonyl (C=O) groups is 1. The van der Waals surface area contributed by atoms with Crippen LogP contribution in [0.1, 0.15) is 23.2 Å². The van der Waals surface area contributed by atoms with Crippen molar-refractivity contribution in [2.45, 2.75) is 12.8 Å². The summed E-state index contributed by atoms with van der Waals surface area (Å²) in [6.45, 7) is 0. The summed E-state index contributed by atoms with van der Waals surface area (Å²) >= 11 is 0. The molecule has 0 unspecified atom stereocenters. The molecule has 3 rings (SSSR count). The van der Waals surface area contributed by atoms with E-state index < -0.39 is 10.8 Å². The molecule has 20 heavy (non-hydrogen) atoms. The van der Waals surface area contributed by atoms with E-state index in [1.165, 1.54) is 24.3 Å². The molecular weight excluding hydrogens is 258 g/mol. The molecule has 0 bridgehead atoms. The largest absolute Gasteiger partial charge is 0.271 e. The fourth-order valence-corrected chi connectivity index (χ4v) is 2.61. The lowest BCUT2D eigenvalue weighted by Gasteiger charge is -2.31. The Labute approximate surface area is 115 Å². The van der Waals surface area contributed by atoms with E-state index in [0.29, 0.717) is 11.8 Å². The van der Waals surface area contributed by atoms with E-state index >= 15 is 0 Å². The molecule has 0 radical (unpaired) electrons. The first-order valence-corrected chi connectivity index (χ1v) is 6.43. The summed E-state index contributed by atoms with van der Waals surface area (Å²) in [5, 5.41) is 14.8. The summed E-state index contributed by atoms with van der Waals surface area (Å²) in [4.78, 5) is 22.0. The first kappa shape index (κ1) is 12.5. The highest BCUT2D eigenvalue weighted by Crippen LogP contribution is 2.40. The monoisotopic (exact) mass is 271 g/mol. The normalized spacial score (nSPS) is 25.1. The molecule has 0 aliphatic heterocycles.